The molecule has 35 heavy (non-hydrogen) atoms. The molecule has 0 unspecified atom stereocenters. The Kier molecular flexibility index (Phi) is 7.21. The molecule has 0 fully saturated rings. The zero-order valence-electron chi connectivity index (χ0n) is 19.2. The number of nitrogens with one attached hydrogen (secondary N) is 2. The first-order chi connectivity index (χ1) is 17.0. The Bertz CT molecular complexity index is 1220. The van der Waals surface area contributed by atoms with Crippen molar-refractivity contribution in [2.75, 3.05) is 23.8 Å². The molecular weight excluding hydrogens is 446 g/mol. The van der Waals surface area contributed by atoms with Crippen LogP contribution in [-0.4, -0.2) is 41.7 Å². The van der Waals surface area contributed by atoms with Crippen molar-refractivity contribution in [1.29, 1.82) is 0 Å². The van der Waals surface area contributed by atoms with Gasteiger partial charge in [0.25, 0.3) is 17.7 Å². The number of carbonyl (C=O) groups is 4. The highest BCUT2D eigenvalue weighted by Gasteiger charge is 2.34. The lowest BCUT2D eigenvalue weighted by molar-refractivity contribution is -0.116. The molecule has 0 aliphatic carbocycles. The number of anilines is 2. The van der Waals surface area contributed by atoms with Crippen molar-refractivity contribution < 1.29 is 23.9 Å². The summed E-state index contributed by atoms with van der Waals surface area (Å²) in [4.78, 5) is 50.7. The Morgan fingerprint density at radius 2 is 1.37 bits per heavy atom. The summed E-state index contributed by atoms with van der Waals surface area (Å²) in [5, 5.41) is 5.58. The van der Waals surface area contributed by atoms with Crippen LogP contribution >= 0.6 is 0 Å². The average Bonchev–Trinajstić information content (AvgIpc) is 3.11. The van der Waals surface area contributed by atoms with E-state index in [0.29, 0.717) is 41.1 Å². The minimum absolute atomic E-state index is 0.146. The number of imide groups is 1. The Hall–Kier alpha value is -4.46. The smallest absolute Gasteiger partial charge is 0.261 e. The van der Waals surface area contributed by atoms with Gasteiger partial charge in [0.1, 0.15) is 5.75 Å². The Labute approximate surface area is 202 Å². The van der Waals surface area contributed by atoms with Crippen molar-refractivity contribution in [2.45, 2.75) is 19.8 Å². The summed E-state index contributed by atoms with van der Waals surface area (Å²) in [6, 6.07) is 20.3. The number of carbonyl (C=O) groups excluding carboxylic acids is 4. The van der Waals surface area contributed by atoms with Gasteiger partial charge in [-0.25, -0.2) is 0 Å². The van der Waals surface area contributed by atoms with Crippen molar-refractivity contribution in [3.63, 3.8) is 0 Å². The highest BCUT2D eigenvalue weighted by molar-refractivity contribution is 6.21. The minimum atomic E-state index is -0.329. The van der Waals surface area contributed by atoms with E-state index >= 15 is 0 Å². The van der Waals surface area contributed by atoms with E-state index in [4.69, 9.17) is 4.74 Å². The first kappa shape index (κ1) is 23.7. The quantitative estimate of drug-likeness (QED) is 0.452. The summed E-state index contributed by atoms with van der Waals surface area (Å²) in [5.74, 6) is -0.439. The second kappa shape index (κ2) is 10.6. The average molecular weight is 472 g/mol. The molecule has 0 spiro atoms. The first-order valence-corrected chi connectivity index (χ1v) is 11.4. The van der Waals surface area contributed by atoms with Crippen LogP contribution in [0.2, 0.25) is 0 Å². The van der Waals surface area contributed by atoms with Crippen LogP contribution in [0, 0.1) is 0 Å². The third-order valence-corrected chi connectivity index (χ3v) is 5.52. The molecule has 0 saturated carbocycles. The topological polar surface area (TPSA) is 105 Å². The van der Waals surface area contributed by atoms with E-state index in [9.17, 15) is 19.2 Å². The van der Waals surface area contributed by atoms with E-state index in [1.54, 1.807) is 72.8 Å². The Morgan fingerprint density at radius 1 is 0.800 bits per heavy atom. The molecule has 8 heteroatoms. The van der Waals surface area contributed by atoms with Gasteiger partial charge in [0.05, 0.1) is 17.7 Å². The lowest BCUT2D eigenvalue weighted by atomic mass is 10.1. The summed E-state index contributed by atoms with van der Waals surface area (Å²) >= 11 is 0. The molecule has 2 N–H and O–H groups in total. The van der Waals surface area contributed by atoms with Crippen molar-refractivity contribution in [2.24, 2.45) is 0 Å². The van der Waals surface area contributed by atoms with Gasteiger partial charge >= 0.3 is 0 Å². The number of hydrogen-bond acceptors (Lipinski definition) is 5. The molecular formula is C27H25N3O5. The van der Waals surface area contributed by atoms with Crippen LogP contribution in [0.4, 0.5) is 11.4 Å². The first-order valence-electron chi connectivity index (χ1n) is 11.4. The molecule has 0 saturated heterocycles. The van der Waals surface area contributed by atoms with Crippen molar-refractivity contribution >= 4 is 35.0 Å². The van der Waals surface area contributed by atoms with Crippen LogP contribution in [0.15, 0.2) is 72.8 Å². The monoisotopic (exact) mass is 471 g/mol. The van der Waals surface area contributed by atoms with Gasteiger partial charge in [0.2, 0.25) is 5.91 Å². The SMILES string of the molecule is CCOc1ccc(NC(=O)c2ccc(NC(=O)CCCN3C(=O)c4ccccc4C3=O)cc2)cc1. The third-order valence-electron chi connectivity index (χ3n) is 5.52. The second-order valence-electron chi connectivity index (χ2n) is 7.95. The standard InChI is InChI=1S/C27H25N3O5/c1-2-35-21-15-13-20(14-16-21)29-25(32)18-9-11-19(12-10-18)28-24(31)8-5-17-30-26(33)22-6-3-4-7-23(22)27(30)34/h3-4,6-7,9-16H,2,5,8,17H2,1H3,(H,28,31)(H,29,32). The van der Waals surface area contributed by atoms with Crippen LogP contribution in [0.1, 0.15) is 50.8 Å². The molecule has 0 atom stereocenters. The fourth-order valence-corrected chi connectivity index (χ4v) is 3.77. The van der Waals surface area contributed by atoms with Crippen LogP contribution in [-0.2, 0) is 4.79 Å². The molecule has 1 aliphatic heterocycles. The van der Waals surface area contributed by atoms with Gasteiger partial charge in [0, 0.05) is 29.9 Å². The predicted molar refractivity (Wildman–Crippen MR) is 132 cm³/mol. The Balaban J connectivity index is 1.24. The van der Waals surface area contributed by atoms with Crippen molar-refractivity contribution in [3.8, 4) is 5.75 Å². The maximum absolute atomic E-state index is 12.5. The second-order valence-corrected chi connectivity index (χ2v) is 7.95. The fourth-order valence-electron chi connectivity index (χ4n) is 3.77. The molecule has 4 rings (SSSR count). The number of rotatable bonds is 9. The van der Waals surface area contributed by atoms with E-state index < -0.39 is 0 Å². The molecule has 0 radical (unpaired) electrons. The third kappa shape index (κ3) is 5.55. The van der Waals surface area contributed by atoms with E-state index in [1.807, 2.05) is 6.92 Å². The maximum Gasteiger partial charge on any atom is 0.261 e. The highest BCUT2D eigenvalue weighted by atomic mass is 16.5. The molecule has 1 heterocycles. The number of hydrogen-bond donors (Lipinski definition) is 2. The molecule has 178 valence electrons. The molecule has 1 aliphatic rings. The highest BCUT2D eigenvalue weighted by Crippen LogP contribution is 2.23. The normalized spacial score (nSPS) is 12.3. The molecule has 0 bridgehead atoms. The minimum Gasteiger partial charge on any atom is -0.494 e. The predicted octanol–water partition coefficient (Wildman–Crippen LogP) is 4.35. The summed E-state index contributed by atoms with van der Waals surface area (Å²) in [6.45, 7) is 2.64. The van der Waals surface area contributed by atoms with E-state index in [2.05, 4.69) is 10.6 Å². The van der Waals surface area contributed by atoms with Crippen molar-refractivity contribution in [1.82, 2.24) is 4.90 Å². The van der Waals surface area contributed by atoms with Gasteiger partial charge in [-0.2, -0.15) is 0 Å². The van der Waals surface area contributed by atoms with Crippen LogP contribution in [0.25, 0.3) is 0 Å². The van der Waals surface area contributed by atoms with Crippen LogP contribution in [0.3, 0.4) is 0 Å². The number of ether oxygens (including phenoxy) is 1. The van der Waals surface area contributed by atoms with Crippen LogP contribution < -0.4 is 15.4 Å². The number of fused-ring (bicyclic) bond motifs is 1. The maximum atomic E-state index is 12.5. The Morgan fingerprint density at radius 3 is 1.97 bits per heavy atom. The van der Waals surface area contributed by atoms with E-state index in [1.165, 1.54) is 4.90 Å². The summed E-state index contributed by atoms with van der Waals surface area (Å²) in [5.41, 5.74) is 2.44. The van der Waals surface area contributed by atoms with Gasteiger partial charge in [-0.3, -0.25) is 24.1 Å². The van der Waals surface area contributed by atoms with Gasteiger partial charge in [-0.15, -0.1) is 0 Å². The van der Waals surface area contributed by atoms with Gasteiger partial charge in [-0.1, -0.05) is 12.1 Å². The van der Waals surface area contributed by atoms with Gasteiger partial charge < -0.3 is 15.4 Å². The molecule has 4 amide bonds. The lowest BCUT2D eigenvalue weighted by Crippen LogP contribution is -2.31. The van der Waals surface area contributed by atoms with Gasteiger partial charge in [0.15, 0.2) is 0 Å². The zero-order chi connectivity index (χ0) is 24.8. The number of amides is 4. The summed E-state index contributed by atoms with van der Waals surface area (Å²) in [6.07, 6.45) is 0.493. The summed E-state index contributed by atoms with van der Waals surface area (Å²) in [7, 11) is 0. The summed E-state index contributed by atoms with van der Waals surface area (Å²) < 4.78 is 5.39. The molecule has 8 nitrogen and oxygen atoms in total. The van der Waals surface area contributed by atoms with Crippen LogP contribution in [0.5, 0.6) is 5.75 Å². The zero-order valence-corrected chi connectivity index (χ0v) is 19.2. The number of benzene rings is 3. The fraction of sp³-hybridized carbons (Fsp3) is 0.185. The van der Waals surface area contributed by atoms with E-state index in [-0.39, 0.29) is 36.6 Å². The number of nitrogens with zero attached hydrogens (tertiary/aromatic N) is 1. The molecule has 3 aromatic rings. The van der Waals surface area contributed by atoms with Crippen molar-refractivity contribution in [3.05, 3.63) is 89.5 Å². The lowest BCUT2D eigenvalue weighted by Gasteiger charge is -2.13. The van der Waals surface area contributed by atoms with E-state index in [0.717, 1.165) is 5.75 Å². The largest absolute Gasteiger partial charge is 0.494 e. The van der Waals surface area contributed by atoms with Gasteiger partial charge in [-0.05, 0) is 74.0 Å². The molecule has 3 aromatic carbocycles. The molecule has 0 aromatic heterocycles.